The Balaban J connectivity index is 0.000000631. The molecule has 0 aliphatic carbocycles. The topological polar surface area (TPSA) is 145 Å². The van der Waals surface area contributed by atoms with Crippen molar-refractivity contribution < 1.29 is 47.3 Å². The molecule has 0 aliphatic heterocycles. The van der Waals surface area contributed by atoms with E-state index in [1.54, 1.807) is 18.2 Å². The molecule has 0 aromatic carbocycles. The average molecular weight is 296 g/mol. The molecule has 0 saturated heterocycles. The minimum absolute atomic E-state index is 0.187. The van der Waals surface area contributed by atoms with Crippen LogP contribution in [0.15, 0.2) is 18.2 Å². The van der Waals surface area contributed by atoms with E-state index in [0.717, 1.165) is 0 Å². The summed E-state index contributed by atoms with van der Waals surface area (Å²) in [6, 6.07) is 4.71. The molecular weight excluding hydrogens is 285 g/mol. The van der Waals surface area contributed by atoms with Gasteiger partial charge in [0.05, 0.1) is 24.2 Å². The van der Waals surface area contributed by atoms with Crippen molar-refractivity contribution in [2.75, 3.05) is 0 Å². The average Bonchev–Trinajstić information content (AvgIpc) is 2.14. The van der Waals surface area contributed by atoms with Gasteiger partial charge < -0.3 is 10.2 Å². The predicted octanol–water partition coefficient (Wildman–Crippen LogP) is -0.899. The van der Waals surface area contributed by atoms with Crippen LogP contribution in [0.2, 0.25) is 0 Å². The Labute approximate surface area is 107 Å². The Kier molecular flexibility index (Phi) is 7.72. The number of hydrogen-bond donors (Lipinski definition) is 4. The first-order chi connectivity index (χ1) is 8.31. The van der Waals surface area contributed by atoms with E-state index in [1.807, 2.05) is 0 Å². The van der Waals surface area contributed by atoms with Crippen LogP contribution < -0.4 is 0 Å². The molecule has 0 aliphatic rings. The molecule has 8 nitrogen and oxygen atoms in total. The van der Waals surface area contributed by atoms with Crippen LogP contribution in [0.1, 0.15) is 11.4 Å². The molecule has 0 unspecified atom stereocenters. The monoisotopic (exact) mass is 296 g/mol. The second-order valence-electron chi connectivity index (χ2n) is 3.01. The van der Waals surface area contributed by atoms with Crippen LogP contribution in [0.25, 0.3) is 0 Å². The van der Waals surface area contributed by atoms with Crippen LogP contribution in [0.3, 0.4) is 0 Å². The molecule has 4 N–H and O–H groups in total. The Morgan fingerprint density at radius 2 is 1.39 bits per heavy atom. The van der Waals surface area contributed by atoms with E-state index in [2.05, 4.69) is 4.98 Å². The van der Waals surface area contributed by atoms with Gasteiger partial charge in [-0.3, -0.25) is 14.6 Å². The zero-order valence-corrected chi connectivity index (χ0v) is 10.5. The molecule has 1 aromatic rings. The van der Waals surface area contributed by atoms with Crippen LogP contribution in [0.5, 0.6) is 0 Å². The van der Waals surface area contributed by atoms with Crippen LogP contribution >= 0.6 is 0 Å². The molecule has 0 radical (unpaired) electrons. The minimum atomic E-state index is -3.44. The van der Waals surface area contributed by atoms with Crippen molar-refractivity contribution in [2.24, 2.45) is 0 Å². The first-order valence-electron chi connectivity index (χ1n) is 4.54. The van der Waals surface area contributed by atoms with Gasteiger partial charge in [-0.05, 0) is 12.1 Å². The fourth-order valence-electron chi connectivity index (χ4n) is 1.04. The van der Waals surface area contributed by atoms with Crippen LogP contribution in [-0.2, 0) is 41.9 Å². The van der Waals surface area contributed by atoms with Gasteiger partial charge in [-0.2, -0.15) is 0 Å². The molecule has 0 fully saturated rings. The second kappa shape index (κ2) is 8.48. The van der Waals surface area contributed by atoms with Gasteiger partial charge in [0, 0.05) is 0 Å². The molecule has 9 heteroatoms. The van der Waals surface area contributed by atoms with Crippen LogP contribution in [0, 0.1) is 0 Å². The summed E-state index contributed by atoms with van der Waals surface area (Å²) in [5.41, 5.74) is 0.743. The predicted molar refractivity (Wildman–Crippen MR) is 52.0 cm³/mol. The fourth-order valence-corrected chi connectivity index (χ4v) is 1.04. The van der Waals surface area contributed by atoms with Crippen molar-refractivity contribution in [3.63, 3.8) is 0 Å². The molecule has 0 amide bonds. The molecule has 1 aromatic heterocycles. The molecule has 0 atom stereocenters. The van der Waals surface area contributed by atoms with Crippen LogP contribution in [-0.4, -0.2) is 35.2 Å². The maximum atomic E-state index is 10.3. The number of nitrogens with zero attached hydrogens (tertiary/aromatic N) is 1. The first-order valence-corrected chi connectivity index (χ1v) is 6.36. The van der Waals surface area contributed by atoms with E-state index in [-0.39, 0.29) is 12.8 Å². The maximum absolute atomic E-state index is 10.3. The summed E-state index contributed by atoms with van der Waals surface area (Å²) in [6.45, 7) is 0. The number of aromatic nitrogens is 1. The summed E-state index contributed by atoms with van der Waals surface area (Å²) in [6.07, 6.45) is -0.374. The molecule has 1 heterocycles. The number of pyridine rings is 1. The molecule has 1 rings (SSSR count). The van der Waals surface area contributed by atoms with Crippen molar-refractivity contribution in [3.8, 4) is 0 Å². The summed E-state index contributed by atoms with van der Waals surface area (Å²) in [5, 5.41) is 17.0. The summed E-state index contributed by atoms with van der Waals surface area (Å²) >= 11 is -3.44. The molecule has 0 saturated carbocycles. The standard InChI is InChI=1S/C9H9NO4.2H2O.O.V/c11-8(12)4-6-2-1-3-7(10-6)5-9(13)14;;;;/h1-3H,4-5H2,(H,11,12)(H,13,14);2*1H2;;/q;;;;+2/p-2. The first kappa shape index (κ1) is 16.4. The fraction of sp³-hybridized carbons (Fsp3) is 0.222. The third-order valence-corrected chi connectivity index (χ3v) is 1.53. The van der Waals surface area contributed by atoms with Gasteiger partial charge in [0.25, 0.3) is 0 Å². The summed E-state index contributed by atoms with van der Waals surface area (Å²) < 4.78 is 23.2. The Morgan fingerprint density at radius 1 is 1.06 bits per heavy atom. The SMILES string of the molecule is O=C(O)Cc1cccc(CC(=O)O)n1.[O]=[V]([OH])[OH]. The Bertz CT molecular complexity index is 413. The van der Waals surface area contributed by atoms with Gasteiger partial charge in [0.1, 0.15) is 0 Å². The van der Waals surface area contributed by atoms with Crippen molar-refractivity contribution in [3.05, 3.63) is 29.6 Å². The number of carbonyl (C=O) groups is 2. The Hall–Kier alpha value is -1.61. The third kappa shape index (κ3) is 9.61. The van der Waals surface area contributed by atoms with Crippen molar-refractivity contribution in [1.82, 2.24) is 4.98 Å². The van der Waals surface area contributed by atoms with E-state index in [0.29, 0.717) is 11.4 Å². The van der Waals surface area contributed by atoms with E-state index in [4.69, 9.17) is 22.0 Å². The van der Waals surface area contributed by atoms with Crippen molar-refractivity contribution in [1.29, 1.82) is 0 Å². The quantitative estimate of drug-likeness (QED) is 0.559. The van der Waals surface area contributed by atoms with Crippen molar-refractivity contribution >= 4 is 11.9 Å². The summed E-state index contributed by atoms with van der Waals surface area (Å²) in [4.78, 5) is 24.6. The van der Waals surface area contributed by atoms with Gasteiger partial charge in [0.15, 0.2) is 0 Å². The number of carboxylic acid groups (broad SMARTS) is 2. The zero-order chi connectivity index (χ0) is 14.1. The zero-order valence-electron chi connectivity index (χ0n) is 9.05. The van der Waals surface area contributed by atoms with E-state index in [9.17, 15) is 9.59 Å². The second-order valence-corrected chi connectivity index (χ2v) is 3.80. The number of rotatable bonds is 4. The van der Waals surface area contributed by atoms with Gasteiger partial charge >= 0.3 is 39.5 Å². The summed E-state index contributed by atoms with van der Waals surface area (Å²) in [5.74, 6) is -1.96. The molecule has 0 spiro atoms. The van der Waals surface area contributed by atoms with Gasteiger partial charge in [-0.1, -0.05) is 6.07 Å². The number of aliphatic carboxylic acids is 2. The van der Waals surface area contributed by atoms with Gasteiger partial charge in [-0.25, -0.2) is 0 Å². The normalized spacial score (nSPS) is 9.00. The van der Waals surface area contributed by atoms with Gasteiger partial charge in [-0.15, -0.1) is 0 Å². The van der Waals surface area contributed by atoms with Gasteiger partial charge in [0.2, 0.25) is 0 Å². The van der Waals surface area contributed by atoms with Crippen LogP contribution in [0.4, 0.5) is 0 Å². The van der Waals surface area contributed by atoms with Crippen molar-refractivity contribution in [2.45, 2.75) is 12.8 Å². The van der Waals surface area contributed by atoms with E-state index in [1.165, 1.54) is 0 Å². The molecule has 18 heavy (non-hydrogen) atoms. The number of carboxylic acids is 2. The third-order valence-electron chi connectivity index (χ3n) is 1.53. The van der Waals surface area contributed by atoms with E-state index < -0.39 is 27.7 Å². The molecular formula is C9H11NO7V. The molecule has 99 valence electrons. The van der Waals surface area contributed by atoms with E-state index >= 15 is 0 Å². The molecule has 0 bridgehead atoms. The summed E-state index contributed by atoms with van der Waals surface area (Å²) in [7, 11) is 0. The Morgan fingerprint density at radius 3 is 1.67 bits per heavy atom. The number of hydrogen-bond acceptors (Lipinski definition) is 4.